The molecule has 0 radical (unpaired) electrons. The predicted molar refractivity (Wildman–Crippen MR) is 68.5 cm³/mol. The van der Waals surface area contributed by atoms with Gasteiger partial charge in [0, 0.05) is 17.0 Å². The molecule has 0 aliphatic rings. The summed E-state index contributed by atoms with van der Waals surface area (Å²) in [5.74, 6) is -1.20. The van der Waals surface area contributed by atoms with Gasteiger partial charge in [-0.1, -0.05) is 11.6 Å². The van der Waals surface area contributed by atoms with Crippen molar-refractivity contribution in [3.63, 3.8) is 0 Å². The first-order valence-electron chi connectivity index (χ1n) is 5.30. The van der Waals surface area contributed by atoms with Gasteiger partial charge < -0.3 is 16.2 Å². The molecule has 1 aromatic carbocycles. The van der Waals surface area contributed by atoms with E-state index >= 15 is 0 Å². The fourth-order valence-electron chi connectivity index (χ4n) is 1.54. The zero-order valence-electron chi connectivity index (χ0n) is 10.2. The minimum Gasteiger partial charge on any atom is -0.507 e. The number of amides is 2. The van der Waals surface area contributed by atoms with Gasteiger partial charge in [-0.25, -0.2) is 0 Å². The lowest BCUT2D eigenvalue weighted by molar-refractivity contribution is -0.119. The first-order valence-corrected chi connectivity index (χ1v) is 5.68. The Morgan fingerprint density at radius 3 is 2.61 bits per heavy atom. The van der Waals surface area contributed by atoms with Crippen LogP contribution in [0.15, 0.2) is 18.2 Å². The summed E-state index contributed by atoms with van der Waals surface area (Å²) in [6.45, 7) is 3.33. The van der Waals surface area contributed by atoms with Gasteiger partial charge in [0.2, 0.25) is 5.91 Å². The Morgan fingerprint density at radius 1 is 1.44 bits per heavy atom. The number of phenols is 1. The third kappa shape index (κ3) is 3.92. The fourth-order valence-corrected chi connectivity index (χ4v) is 1.72. The Morgan fingerprint density at radius 2 is 2.06 bits per heavy atom. The minimum absolute atomic E-state index is 0.0000671. The van der Waals surface area contributed by atoms with Crippen molar-refractivity contribution in [1.29, 1.82) is 0 Å². The van der Waals surface area contributed by atoms with Crippen molar-refractivity contribution in [2.45, 2.75) is 25.8 Å². The highest BCUT2D eigenvalue weighted by molar-refractivity contribution is 6.31. The molecule has 0 aromatic heterocycles. The van der Waals surface area contributed by atoms with Crippen LogP contribution in [0.5, 0.6) is 5.75 Å². The van der Waals surface area contributed by atoms with Gasteiger partial charge in [-0.05, 0) is 32.0 Å². The molecule has 98 valence electrons. The normalized spacial score (nSPS) is 11.1. The van der Waals surface area contributed by atoms with E-state index in [0.717, 1.165) is 0 Å². The van der Waals surface area contributed by atoms with Crippen LogP contribution in [0.2, 0.25) is 5.02 Å². The number of aromatic hydroxyl groups is 1. The van der Waals surface area contributed by atoms with Crippen LogP contribution in [0.4, 0.5) is 0 Å². The van der Waals surface area contributed by atoms with E-state index in [-0.39, 0.29) is 17.7 Å². The Bertz CT molecular complexity index is 486. The van der Waals surface area contributed by atoms with Crippen molar-refractivity contribution >= 4 is 23.4 Å². The van der Waals surface area contributed by atoms with Crippen molar-refractivity contribution in [2.24, 2.45) is 5.73 Å². The molecule has 0 aliphatic heterocycles. The van der Waals surface area contributed by atoms with Crippen LogP contribution in [0, 0.1) is 0 Å². The molecule has 0 heterocycles. The fraction of sp³-hybridized carbons (Fsp3) is 0.333. The number of halogens is 1. The minimum atomic E-state index is -0.794. The maximum absolute atomic E-state index is 11.9. The van der Waals surface area contributed by atoms with Crippen molar-refractivity contribution in [1.82, 2.24) is 5.32 Å². The monoisotopic (exact) mass is 270 g/mol. The average molecular weight is 271 g/mol. The highest BCUT2D eigenvalue weighted by Gasteiger charge is 2.24. The van der Waals surface area contributed by atoms with Crippen LogP contribution in [0.25, 0.3) is 0 Å². The number of nitrogens with one attached hydrogen (secondary N) is 1. The maximum atomic E-state index is 11.9. The van der Waals surface area contributed by atoms with Crippen molar-refractivity contribution < 1.29 is 14.7 Å². The van der Waals surface area contributed by atoms with E-state index in [4.69, 9.17) is 17.3 Å². The molecule has 0 fully saturated rings. The highest BCUT2D eigenvalue weighted by Crippen LogP contribution is 2.22. The number of hydrogen-bond acceptors (Lipinski definition) is 3. The number of carbonyl (C=O) groups is 2. The molecule has 0 saturated carbocycles. The van der Waals surface area contributed by atoms with Crippen molar-refractivity contribution in [3.05, 3.63) is 28.8 Å². The zero-order chi connectivity index (χ0) is 13.9. The Labute approximate surface area is 110 Å². The van der Waals surface area contributed by atoms with E-state index in [9.17, 15) is 14.7 Å². The van der Waals surface area contributed by atoms with Crippen LogP contribution in [0.1, 0.15) is 30.6 Å². The molecule has 2 amide bonds. The van der Waals surface area contributed by atoms with Gasteiger partial charge in [0.1, 0.15) is 5.75 Å². The molecular formula is C12H15ClN2O3. The number of phenolic OH excluding ortho intramolecular Hbond substituents is 1. The molecule has 4 N–H and O–H groups in total. The lowest BCUT2D eigenvalue weighted by Gasteiger charge is -2.24. The molecule has 0 saturated heterocycles. The van der Waals surface area contributed by atoms with Crippen LogP contribution in [0.3, 0.4) is 0 Å². The van der Waals surface area contributed by atoms with Crippen molar-refractivity contribution in [2.75, 3.05) is 0 Å². The Kier molecular flexibility index (Phi) is 4.19. The molecule has 5 nitrogen and oxygen atoms in total. The zero-order valence-corrected chi connectivity index (χ0v) is 10.9. The number of rotatable bonds is 4. The summed E-state index contributed by atoms with van der Waals surface area (Å²) >= 11 is 5.75. The van der Waals surface area contributed by atoms with Gasteiger partial charge in [-0.15, -0.1) is 0 Å². The number of carbonyl (C=O) groups excluding carboxylic acids is 2. The molecule has 0 unspecified atom stereocenters. The first-order chi connectivity index (χ1) is 8.21. The van der Waals surface area contributed by atoms with E-state index in [2.05, 4.69) is 5.32 Å². The summed E-state index contributed by atoms with van der Waals surface area (Å²) in [6, 6.07) is 4.16. The second-order valence-corrected chi connectivity index (χ2v) is 5.08. The maximum Gasteiger partial charge on any atom is 0.255 e. The van der Waals surface area contributed by atoms with Gasteiger partial charge in [0.05, 0.1) is 5.56 Å². The quantitative estimate of drug-likeness (QED) is 0.773. The smallest absolute Gasteiger partial charge is 0.255 e. The largest absolute Gasteiger partial charge is 0.507 e. The van der Waals surface area contributed by atoms with E-state index in [1.807, 2.05) is 0 Å². The highest BCUT2D eigenvalue weighted by atomic mass is 35.5. The summed E-state index contributed by atoms with van der Waals surface area (Å²) in [7, 11) is 0. The lowest BCUT2D eigenvalue weighted by atomic mass is 9.99. The second kappa shape index (κ2) is 5.27. The molecule has 18 heavy (non-hydrogen) atoms. The van der Waals surface area contributed by atoms with Crippen molar-refractivity contribution in [3.8, 4) is 5.75 Å². The van der Waals surface area contributed by atoms with Crippen LogP contribution >= 0.6 is 11.6 Å². The molecular weight excluding hydrogens is 256 g/mol. The first kappa shape index (κ1) is 14.3. The Balaban J connectivity index is 2.88. The molecule has 0 spiro atoms. The SMILES string of the molecule is CC(C)(CC(N)=O)NC(=O)c1cc(Cl)ccc1O. The van der Waals surface area contributed by atoms with Gasteiger partial charge in [0.25, 0.3) is 5.91 Å². The predicted octanol–water partition coefficient (Wildman–Crippen LogP) is 1.43. The summed E-state index contributed by atoms with van der Waals surface area (Å²) in [4.78, 5) is 22.8. The second-order valence-electron chi connectivity index (χ2n) is 4.64. The van der Waals surface area contributed by atoms with Crippen LogP contribution < -0.4 is 11.1 Å². The van der Waals surface area contributed by atoms with Crippen LogP contribution in [-0.4, -0.2) is 22.5 Å². The summed E-state index contributed by atoms with van der Waals surface area (Å²) in [5.41, 5.74) is 4.35. The summed E-state index contributed by atoms with van der Waals surface area (Å²) in [6.07, 6.45) is 0.0000671. The topological polar surface area (TPSA) is 92.4 Å². The van der Waals surface area contributed by atoms with Gasteiger partial charge in [-0.2, -0.15) is 0 Å². The van der Waals surface area contributed by atoms with E-state index in [0.29, 0.717) is 5.02 Å². The van der Waals surface area contributed by atoms with E-state index in [1.54, 1.807) is 13.8 Å². The third-order valence-electron chi connectivity index (χ3n) is 2.27. The number of primary amides is 1. The summed E-state index contributed by atoms with van der Waals surface area (Å²) < 4.78 is 0. The molecule has 1 rings (SSSR count). The number of hydrogen-bond donors (Lipinski definition) is 3. The average Bonchev–Trinajstić information content (AvgIpc) is 2.18. The molecule has 0 aliphatic carbocycles. The number of benzene rings is 1. The lowest BCUT2D eigenvalue weighted by Crippen LogP contribution is -2.46. The Hall–Kier alpha value is -1.75. The van der Waals surface area contributed by atoms with E-state index < -0.39 is 17.4 Å². The molecule has 0 bridgehead atoms. The molecule has 1 aromatic rings. The van der Waals surface area contributed by atoms with Gasteiger partial charge in [0.15, 0.2) is 0 Å². The molecule has 6 heteroatoms. The number of nitrogens with two attached hydrogens (primary N) is 1. The standard InChI is InChI=1S/C12H15ClN2O3/c1-12(2,6-10(14)17)15-11(18)8-5-7(13)3-4-9(8)16/h3-5,16H,6H2,1-2H3,(H2,14,17)(H,15,18). The summed E-state index contributed by atoms with van der Waals surface area (Å²) in [5, 5.41) is 12.5. The van der Waals surface area contributed by atoms with Crippen LogP contribution in [-0.2, 0) is 4.79 Å². The van der Waals surface area contributed by atoms with Gasteiger partial charge >= 0.3 is 0 Å². The van der Waals surface area contributed by atoms with Gasteiger partial charge in [-0.3, -0.25) is 9.59 Å². The van der Waals surface area contributed by atoms with E-state index in [1.165, 1.54) is 18.2 Å². The third-order valence-corrected chi connectivity index (χ3v) is 2.51. The molecule has 0 atom stereocenters.